The first-order chi connectivity index (χ1) is 18.6. The summed E-state index contributed by atoms with van der Waals surface area (Å²) in [5.41, 5.74) is -0.413. The zero-order valence-corrected chi connectivity index (χ0v) is 23.2. The molecule has 214 valence electrons. The number of nitrogens with zero attached hydrogens (tertiary/aromatic N) is 1. The second kappa shape index (κ2) is 13.7. The molecule has 0 aliphatic carbocycles. The van der Waals surface area contributed by atoms with Crippen LogP contribution in [0, 0.1) is 0 Å². The number of rotatable bonds is 10. The lowest BCUT2D eigenvalue weighted by Crippen LogP contribution is -2.65. The number of carbonyl (C=O) groups is 5. The van der Waals surface area contributed by atoms with Crippen molar-refractivity contribution in [1.29, 1.82) is 0 Å². The van der Waals surface area contributed by atoms with Crippen LogP contribution in [-0.4, -0.2) is 75.7 Å². The zero-order valence-electron chi connectivity index (χ0n) is 23.2. The lowest BCUT2D eigenvalue weighted by molar-refractivity contribution is -0.144. The maximum atomic E-state index is 13.7. The topological polar surface area (TPSA) is 145 Å². The number of amides is 4. The summed E-state index contributed by atoms with van der Waals surface area (Å²) in [5, 5.41) is 17.9. The van der Waals surface area contributed by atoms with Gasteiger partial charge in [-0.25, -0.2) is 0 Å². The van der Waals surface area contributed by atoms with Crippen molar-refractivity contribution < 1.29 is 29.1 Å². The summed E-state index contributed by atoms with van der Waals surface area (Å²) in [6.07, 6.45) is 3.01. The molecule has 10 heteroatoms. The normalized spacial score (nSPS) is 27.0. The molecular weight excluding hydrogens is 500 g/mol. The van der Waals surface area contributed by atoms with E-state index in [0.29, 0.717) is 45.1 Å². The Hall–Kier alpha value is -3.27. The minimum Gasteiger partial charge on any atom is -0.386 e. The van der Waals surface area contributed by atoms with Crippen LogP contribution in [0.3, 0.4) is 0 Å². The molecule has 4 N–H and O–H groups in total. The number of nitrogens with one attached hydrogen (secondary N) is 3. The first kappa shape index (κ1) is 30.3. The Bertz CT molecular complexity index is 1050. The van der Waals surface area contributed by atoms with E-state index >= 15 is 0 Å². The van der Waals surface area contributed by atoms with Gasteiger partial charge < -0.3 is 26.0 Å². The fourth-order valence-electron chi connectivity index (χ4n) is 5.11. The van der Waals surface area contributed by atoms with Crippen molar-refractivity contribution in [2.24, 2.45) is 0 Å². The Morgan fingerprint density at radius 1 is 1.05 bits per heavy atom. The molecule has 1 aromatic rings. The third-order valence-electron chi connectivity index (χ3n) is 7.85. The molecule has 2 aliphatic rings. The Morgan fingerprint density at radius 2 is 1.77 bits per heavy atom. The summed E-state index contributed by atoms with van der Waals surface area (Å²) >= 11 is 0. The molecule has 5 atom stereocenters. The van der Waals surface area contributed by atoms with Crippen molar-refractivity contribution in [2.75, 3.05) is 6.54 Å². The molecule has 0 bridgehead atoms. The highest BCUT2D eigenvalue weighted by Crippen LogP contribution is 2.22. The van der Waals surface area contributed by atoms with Crippen molar-refractivity contribution in [3.8, 4) is 0 Å². The molecule has 0 unspecified atom stereocenters. The van der Waals surface area contributed by atoms with Gasteiger partial charge in [-0.3, -0.25) is 24.0 Å². The van der Waals surface area contributed by atoms with Gasteiger partial charge in [-0.2, -0.15) is 0 Å². The van der Waals surface area contributed by atoms with Crippen LogP contribution in [0.4, 0.5) is 0 Å². The third kappa shape index (κ3) is 7.88. The molecule has 3 rings (SSSR count). The van der Waals surface area contributed by atoms with Crippen LogP contribution in [-0.2, 0) is 30.4 Å². The molecule has 0 spiro atoms. The number of unbranched alkanes of at least 4 members (excludes halogenated alkanes) is 2. The predicted octanol–water partition coefficient (Wildman–Crippen LogP) is 1.39. The fraction of sp³-hybridized carbons (Fsp3) is 0.621. The molecule has 2 heterocycles. The number of hydrogen-bond acceptors (Lipinski definition) is 6. The second-order valence-corrected chi connectivity index (χ2v) is 10.9. The Balaban J connectivity index is 1.81. The van der Waals surface area contributed by atoms with E-state index in [0.717, 1.165) is 5.56 Å². The van der Waals surface area contributed by atoms with Gasteiger partial charge in [-0.1, -0.05) is 50.1 Å². The van der Waals surface area contributed by atoms with E-state index in [-0.39, 0.29) is 36.9 Å². The number of fused-ring (bicyclic) bond motifs is 1. The van der Waals surface area contributed by atoms with Gasteiger partial charge in [0.2, 0.25) is 23.6 Å². The van der Waals surface area contributed by atoms with Crippen LogP contribution in [0.2, 0.25) is 0 Å². The first-order valence-electron chi connectivity index (χ1n) is 14.0. The first-order valence-corrected chi connectivity index (χ1v) is 14.0. The molecule has 0 aromatic heterocycles. The van der Waals surface area contributed by atoms with Crippen LogP contribution in [0.25, 0.3) is 0 Å². The summed E-state index contributed by atoms with van der Waals surface area (Å²) in [5.74, 6) is -1.83. The van der Waals surface area contributed by atoms with Crippen LogP contribution < -0.4 is 16.0 Å². The minimum atomic E-state index is -1.29. The van der Waals surface area contributed by atoms with Gasteiger partial charge in [0, 0.05) is 19.4 Å². The fourth-order valence-corrected chi connectivity index (χ4v) is 5.11. The molecular formula is C29H42N4O6. The van der Waals surface area contributed by atoms with Gasteiger partial charge in [0.05, 0.1) is 0 Å². The van der Waals surface area contributed by atoms with Crippen LogP contribution >= 0.6 is 0 Å². The number of aliphatic hydroxyl groups is 1. The highest BCUT2D eigenvalue weighted by atomic mass is 16.3. The standard InChI is InChI=1S/C29H42N4O6/c1-4-29(3)28(39)31-22(18-20-12-7-5-8-13-20)27(38)33-17-11-15-23(33)26(37)30-21(25(36)32-29)14-9-6-10-16-24(35)19(2)34/h5,7-8,12-13,19,21-23,34H,4,6,9-11,14-18H2,1-3H3,(H,30,37)(H,31,39)(H,32,36)/t19-,21+,22+,23-,29-/m1/s1. The molecule has 0 radical (unpaired) electrons. The van der Waals surface area contributed by atoms with Gasteiger partial charge in [-0.15, -0.1) is 0 Å². The van der Waals surface area contributed by atoms with Gasteiger partial charge >= 0.3 is 0 Å². The van der Waals surface area contributed by atoms with Gasteiger partial charge in [0.25, 0.3) is 0 Å². The van der Waals surface area contributed by atoms with Gasteiger partial charge in [0.15, 0.2) is 5.78 Å². The monoisotopic (exact) mass is 542 g/mol. The number of hydrogen-bond donors (Lipinski definition) is 4. The maximum Gasteiger partial charge on any atom is 0.246 e. The van der Waals surface area contributed by atoms with E-state index in [1.54, 1.807) is 13.8 Å². The number of carbonyl (C=O) groups excluding carboxylic acids is 5. The molecule has 2 aliphatic heterocycles. The van der Waals surface area contributed by atoms with Crippen molar-refractivity contribution >= 4 is 29.4 Å². The summed E-state index contributed by atoms with van der Waals surface area (Å²) < 4.78 is 0. The van der Waals surface area contributed by atoms with Crippen LogP contribution in [0.15, 0.2) is 30.3 Å². The number of ketones is 1. The van der Waals surface area contributed by atoms with E-state index in [1.807, 2.05) is 30.3 Å². The smallest absolute Gasteiger partial charge is 0.246 e. The van der Waals surface area contributed by atoms with Crippen LogP contribution in [0.1, 0.15) is 77.7 Å². The number of benzene rings is 1. The molecule has 1 aromatic carbocycles. The van der Waals surface area contributed by atoms with Gasteiger partial charge in [-0.05, 0) is 51.5 Å². The quantitative estimate of drug-likeness (QED) is 0.329. The summed E-state index contributed by atoms with van der Waals surface area (Å²) in [7, 11) is 0. The minimum absolute atomic E-state index is 0.228. The van der Waals surface area contributed by atoms with E-state index < -0.39 is 41.6 Å². The average molecular weight is 543 g/mol. The van der Waals surface area contributed by atoms with E-state index in [1.165, 1.54) is 11.8 Å². The summed E-state index contributed by atoms with van der Waals surface area (Å²) in [6, 6.07) is 6.89. The highest BCUT2D eigenvalue weighted by molar-refractivity contribution is 5.99. The van der Waals surface area contributed by atoms with E-state index in [4.69, 9.17) is 0 Å². The average Bonchev–Trinajstić information content (AvgIpc) is 3.41. The van der Waals surface area contributed by atoms with Crippen molar-refractivity contribution in [2.45, 2.75) is 108 Å². The molecule has 4 amide bonds. The Morgan fingerprint density at radius 3 is 2.44 bits per heavy atom. The van der Waals surface area contributed by atoms with E-state index in [2.05, 4.69) is 16.0 Å². The lowest BCUT2D eigenvalue weighted by Gasteiger charge is -2.36. The van der Waals surface area contributed by atoms with Gasteiger partial charge in [0.1, 0.15) is 29.8 Å². The molecule has 2 fully saturated rings. The number of aliphatic hydroxyl groups excluding tert-OH is 1. The highest BCUT2D eigenvalue weighted by Gasteiger charge is 2.43. The maximum absolute atomic E-state index is 13.7. The zero-order chi connectivity index (χ0) is 28.6. The Kier molecular flexibility index (Phi) is 10.6. The molecule has 39 heavy (non-hydrogen) atoms. The third-order valence-corrected chi connectivity index (χ3v) is 7.85. The van der Waals surface area contributed by atoms with Crippen LogP contribution in [0.5, 0.6) is 0 Å². The number of Topliss-reactive ketones (excluding diaryl/α,β-unsaturated/α-hetero) is 1. The van der Waals surface area contributed by atoms with Crippen molar-refractivity contribution in [1.82, 2.24) is 20.9 Å². The summed E-state index contributed by atoms with van der Waals surface area (Å²) in [6.45, 7) is 5.24. The van der Waals surface area contributed by atoms with Crippen molar-refractivity contribution in [3.05, 3.63) is 35.9 Å². The predicted molar refractivity (Wildman–Crippen MR) is 145 cm³/mol. The lowest BCUT2D eigenvalue weighted by atomic mass is 9.94. The molecule has 10 nitrogen and oxygen atoms in total. The molecule has 0 saturated carbocycles. The summed E-state index contributed by atoms with van der Waals surface area (Å²) in [4.78, 5) is 67.2. The SMILES string of the molecule is CC[C@@]1(C)NC(=O)[C@H](CCCCCC(=O)[C@@H](C)O)NC(=O)[C@H]2CCCN2C(=O)[C@H](Cc2ccccc2)NC1=O. The van der Waals surface area contributed by atoms with Crippen molar-refractivity contribution in [3.63, 3.8) is 0 Å². The Labute approximate surface area is 230 Å². The van der Waals surface area contributed by atoms with E-state index in [9.17, 15) is 29.1 Å². The second-order valence-electron chi connectivity index (χ2n) is 10.9. The largest absolute Gasteiger partial charge is 0.386 e. The molecule has 2 saturated heterocycles.